The van der Waals surface area contributed by atoms with Crippen LogP contribution in [0.4, 0.5) is 5.69 Å². The van der Waals surface area contributed by atoms with Crippen LogP contribution >= 0.6 is 11.3 Å². The first-order chi connectivity index (χ1) is 11.7. The van der Waals surface area contributed by atoms with E-state index < -0.39 is 0 Å². The van der Waals surface area contributed by atoms with Gasteiger partial charge in [-0.2, -0.15) is 5.10 Å². The first kappa shape index (κ1) is 14.6. The average Bonchev–Trinajstić information content (AvgIpc) is 3.21. The molecular formula is C18H14N4OS. The summed E-state index contributed by atoms with van der Waals surface area (Å²) in [6.07, 6.45) is 3.40. The molecule has 0 aliphatic rings. The molecule has 3 heterocycles. The van der Waals surface area contributed by atoms with Crippen LogP contribution in [0.5, 0.6) is 0 Å². The van der Waals surface area contributed by atoms with E-state index in [2.05, 4.69) is 15.4 Å². The minimum atomic E-state index is -0.146. The van der Waals surface area contributed by atoms with Gasteiger partial charge in [0.1, 0.15) is 0 Å². The van der Waals surface area contributed by atoms with Gasteiger partial charge in [0, 0.05) is 6.07 Å². The summed E-state index contributed by atoms with van der Waals surface area (Å²) in [4.78, 5) is 17.4. The zero-order chi connectivity index (χ0) is 16.5. The highest BCUT2D eigenvalue weighted by Gasteiger charge is 2.11. The molecule has 1 amide bonds. The molecule has 1 aromatic carbocycles. The van der Waals surface area contributed by atoms with E-state index in [-0.39, 0.29) is 5.91 Å². The minimum absolute atomic E-state index is 0.146. The maximum absolute atomic E-state index is 12.4. The first-order valence-corrected chi connectivity index (χ1v) is 8.34. The minimum Gasteiger partial charge on any atom is -0.319 e. The van der Waals surface area contributed by atoms with Crippen LogP contribution in [0.1, 0.15) is 15.4 Å². The molecule has 5 nitrogen and oxygen atoms in total. The summed E-state index contributed by atoms with van der Waals surface area (Å²) in [6, 6.07) is 13.8. The van der Waals surface area contributed by atoms with E-state index in [4.69, 9.17) is 0 Å². The van der Waals surface area contributed by atoms with Crippen LogP contribution in [0.2, 0.25) is 0 Å². The predicted octanol–water partition coefficient (Wildman–Crippen LogP) is 4.02. The fraction of sp³-hybridized carbons (Fsp3) is 0.0556. The van der Waals surface area contributed by atoms with Gasteiger partial charge in [-0.25, -0.2) is 9.50 Å². The summed E-state index contributed by atoms with van der Waals surface area (Å²) in [5.74, 6) is -0.146. The highest BCUT2D eigenvalue weighted by Crippen LogP contribution is 2.26. The Labute approximate surface area is 142 Å². The van der Waals surface area contributed by atoms with Gasteiger partial charge in [-0.1, -0.05) is 30.3 Å². The van der Waals surface area contributed by atoms with E-state index in [9.17, 15) is 4.79 Å². The fourth-order valence-electron chi connectivity index (χ4n) is 2.49. The molecular weight excluding hydrogens is 320 g/mol. The van der Waals surface area contributed by atoms with Gasteiger partial charge in [-0.15, -0.1) is 11.3 Å². The van der Waals surface area contributed by atoms with Crippen LogP contribution in [0.25, 0.3) is 16.8 Å². The second-order valence-electron chi connectivity index (χ2n) is 5.45. The number of hydrogen-bond donors (Lipinski definition) is 1. The Balaban J connectivity index is 1.56. The van der Waals surface area contributed by atoms with Gasteiger partial charge in [0.2, 0.25) is 0 Å². The first-order valence-electron chi connectivity index (χ1n) is 7.46. The monoisotopic (exact) mass is 334 g/mol. The number of benzene rings is 1. The lowest BCUT2D eigenvalue weighted by Crippen LogP contribution is -2.11. The van der Waals surface area contributed by atoms with Crippen LogP contribution in [0.3, 0.4) is 0 Å². The van der Waals surface area contributed by atoms with Crippen molar-refractivity contribution in [2.45, 2.75) is 6.92 Å². The summed E-state index contributed by atoms with van der Waals surface area (Å²) in [6.45, 7) is 1.91. The molecule has 1 N–H and O–H groups in total. The Bertz CT molecular complexity index is 1020. The number of nitrogens with one attached hydrogen (secondary N) is 1. The number of thiophene rings is 1. The van der Waals surface area contributed by atoms with E-state index in [1.807, 2.05) is 54.8 Å². The van der Waals surface area contributed by atoms with E-state index in [0.717, 1.165) is 22.5 Å². The Morgan fingerprint density at radius 2 is 2.00 bits per heavy atom. The molecule has 0 saturated heterocycles. The van der Waals surface area contributed by atoms with Gasteiger partial charge >= 0.3 is 0 Å². The number of nitrogens with zero attached hydrogens (tertiary/aromatic N) is 3. The van der Waals surface area contributed by atoms with Crippen molar-refractivity contribution >= 4 is 28.6 Å². The number of aryl methyl sites for hydroxylation is 1. The Kier molecular flexibility index (Phi) is 3.59. The van der Waals surface area contributed by atoms with Gasteiger partial charge in [0.15, 0.2) is 5.65 Å². The van der Waals surface area contributed by atoms with Crippen molar-refractivity contribution in [3.05, 3.63) is 70.8 Å². The molecule has 3 aromatic heterocycles. The van der Waals surface area contributed by atoms with Gasteiger partial charge in [0.05, 0.1) is 28.7 Å². The molecule has 0 aliphatic carbocycles. The lowest BCUT2D eigenvalue weighted by Gasteiger charge is -2.03. The summed E-state index contributed by atoms with van der Waals surface area (Å²) in [5, 5.41) is 9.16. The molecule has 0 aliphatic heterocycles. The number of carbonyl (C=O) groups excluding carboxylic acids is 1. The van der Waals surface area contributed by atoms with Gasteiger partial charge in [0.25, 0.3) is 5.91 Å². The second-order valence-corrected chi connectivity index (χ2v) is 6.36. The van der Waals surface area contributed by atoms with Crippen molar-refractivity contribution in [3.8, 4) is 11.1 Å². The Morgan fingerprint density at radius 3 is 2.83 bits per heavy atom. The number of aromatic nitrogens is 3. The standard InChI is InChI=1S/C18H14N4OS/c1-12-7-17-19-9-15(10-22(17)21-12)20-18(23)16-8-14(11-24-16)13-5-3-2-4-6-13/h2-11H,1H3,(H,20,23). The third-order valence-electron chi connectivity index (χ3n) is 3.62. The Morgan fingerprint density at radius 1 is 1.17 bits per heavy atom. The van der Waals surface area contributed by atoms with Crippen molar-refractivity contribution < 1.29 is 4.79 Å². The fourth-order valence-corrected chi connectivity index (χ4v) is 3.30. The van der Waals surface area contributed by atoms with E-state index in [1.54, 1.807) is 16.9 Å². The SMILES string of the molecule is Cc1cc2ncc(NC(=O)c3cc(-c4ccccc4)cs3)cn2n1. The highest BCUT2D eigenvalue weighted by molar-refractivity contribution is 7.12. The van der Waals surface area contributed by atoms with Crippen LogP contribution < -0.4 is 5.32 Å². The van der Waals surface area contributed by atoms with Crippen molar-refractivity contribution in [2.75, 3.05) is 5.32 Å². The van der Waals surface area contributed by atoms with E-state index in [1.165, 1.54) is 11.3 Å². The zero-order valence-electron chi connectivity index (χ0n) is 12.9. The molecule has 4 rings (SSSR count). The van der Waals surface area contributed by atoms with Crippen LogP contribution in [0, 0.1) is 6.92 Å². The lowest BCUT2D eigenvalue weighted by molar-refractivity contribution is 0.103. The molecule has 0 unspecified atom stereocenters. The van der Waals surface area contributed by atoms with Gasteiger partial charge < -0.3 is 5.32 Å². The second kappa shape index (κ2) is 5.90. The molecule has 0 saturated carbocycles. The smallest absolute Gasteiger partial charge is 0.265 e. The average molecular weight is 334 g/mol. The maximum atomic E-state index is 12.4. The normalized spacial score (nSPS) is 10.9. The maximum Gasteiger partial charge on any atom is 0.265 e. The van der Waals surface area contributed by atoms with Crippen molar-refractivity contribution in [2.24, 2.45) is 0 Å². The highest BCUT2D eigenvalue weighted by atomic mass is 32.1. The predicted molar refractivity (Wildman–Crippen MR) is 95.4 cm³/mol. The number of anilines is 1. The quantitative estimate of drug-likeness (QED) is 0.615. The summed E-state index contributed by atoms with van der Waals surface area (Å²) >= 11 is 1.42. The van der Waals surface area contributed by atoms with Crippen LogP contribution in [-0.4, -0.2) is 20.5 Å². The van der Waals surface area contributed by atoms with Crippen LogP contribution in [0.15, 0.2) is 60.2 Å². The number of amides is 1. The van der Waals surface area contributed by atoms with Crippen molar-refractivity contribution in [3.63, 3.8) is 0 Å². The summed E-state index contributed by atoms with van der Waals surface area (Å²) in [7, 11) is 0. The zero-order valence-corrected chi connectivity index (χ0v) is 13.7. The summed E-state index contributed by atoms with van der Waals surface area (Å²) < 4.78 is 1.66. The molecule has 0 fully saturated rings. The number of rotatable bonds is 3. The summed E-state index contributed by atoms with van der Waals surface area (Å²) in [5.41, 5.74) is 4.40. The van der Waals surface area contributed by atoms with Gasteiger partial charge in [-0.05, 0) is 29.5 Å². The molecule has 24 heavy (non-hydrogen) atoms. The molecule has 0 bridgehead atoms. The Hall–Kier alpha value is -2.99. The van der Waals surface area contributed by atoms with Crippen molar-refractivity contribution in [1.29, 1.82) is 0 Å². The lowest BCUT2D eigenvalue weighted by atomic mass is 10.1. The van der Waals surface area contributed by atoms with E-state index >= 15 is 0 Å². The largest absolute Gasteiger partial charge is 0.319 e. The number of hydrogen-bond acceptors (Lipinski definition) is 4. The van der Waals surface area contributed by atoms with E-state index in [0.29, 0.717) is 10.6 Å². The molecule has 6 heteroatoms. The van der Waals surface area contributed by atoms with Gasteiger partial charge in [-0.3, -0.25) is 4.79 Å². The molecule has 0 spiro atoms. The molecule has 0 atom stereocenters. The van der Waals surface area contributed by atoms with Crippen molar-refractivity contribution in [1.82, 2.24) is 14.6 Å². The third-order valence-corrected chi connectivity index (χ3v) is 4.55. The molecule has 4 aromatic rings. The van der Waals surface area contributed by atoms with Crippen LogP contribution in [-0.2, 0) is 0 Å². The number of carbonyl (C=O) groups is 1. The molecule has 0 radical (unpaired) electrons. The number of fused-ring (bicyclic) bond motifs is 1. The topological polar surface area (TPSA) is 59.3 Å². The molecule has 118 valence electrons. The third kappa shape index (κ3) is 2.79.